The monoisotopic (exact) mass is 337 g/mol. The summed E-state index contributed by atoms with van der Waals surface area (Å²) in [7, 11) is 0. The van der Waals surface area contributed by atoms with Gasteiger partial charge in [0.2, 0.25) is 0 Å². The van der Waals surface area contributed by atoms with Gasteiger partial charge in [-0.3, -0.25) is 0 Å². The molecule has 2 aromatic rings. The molecule has 136 valence electrons. The van der Waals surface area contributed by atoms with Crippen molar-refractivity contribution >= 4 is 0 Å². The number of rotatable bonds is 10. The Kier molecular flexibility index (Phi) is 7.71. The first-order chi connectivity index (χ1) is 12.0. The van der Waals surface area contributed by atoms with Crippen LogP contribution in [0.15, 0.2) is 54.6 Å². The van der Waals surface area contributed by atoms with Crippen LogP contribution in [-0.2, 0) is 5.54 Å². The topological polar surface area (TPSA) is 26.0 Å². The summed E-state index contributed by atoms with van der Waals surface area (Å²) in [5.74, 6) is 0.436. The predicted octanol–water partition coefficient (Wildman–Crippen LogP) is 6.76. The Morgan fingerprint density at radius 3 is 2.08 bits per heavy atom. The van der Waals surface area contributed by atoms with Crippen LogP contribution in [0.1, 0.15) is 88.3 Å². The van der Waals surface area contributed by atoms with Gasteiger partial charge in [0.25, 0.3) is 0 Å². The predicted molar refractivity (Wildman–Crippen MR) is 110 cm³/mol. The van der Waals surface area contributed by atoms with E-state index in [0.29, 0.717) is 5.92 Å². The molecule has 2 N–H and O–H groups in total. The summed E-state index contributed by atoms with van der Waals surface area (Å²) in [6, 6.07) is 19.7. The number of benzene rings is 2. The maximum Gasteiger partial charge on any atom is 0.0355 e. The fourth-order valence-electron chi connectivity index (χ4n) is 3.70. The molecular formula is C24H35N. The van der Waals surface area contributed by atoms with Crippen molar-refractivity contribution in [2.24, 2.45) is 5.73 Å². The molecule has 1 atom stereocenters. The molecule has 1 nitrogen and oxygen atoms in total. The molecule has 0 saturated carbocycles. The van der Waals surface area contributed by atoms with Crippen molar-refractivity contribution in [1.29, 1.82) is 0 Å². The van der Waals surface area contributed by atoms with E-state index in [9.17, 15) is 0 Å². The molecule has 1 heteroatoms. The number of unbranched alkanes of at least 4 members (excludes halogenated alkanes) is 5. The Bertz CT molecular complexity index is 609. The van der Waals surface area contributed by atoms with Crippen LogP contribution in [-0.4, -0.2) is 0 Å². The SMILES string of the molecule is CCCCCCCCC(c1ccccc1)c1ccccc1C(C)(C)N. The van der Waals surface area contributed by atoms with E-state index < -0.39 is 0 Å². The smallest absolute Gasteiger partial charge is 0.0355 e. The molecule has 0 aliphatic rings. The minimum atomic E-state index is -0.315. The molecular weight excluding hydrogens is 302 g/mol. The lowest BCUT2D eigenvalue weighted by molar-refractivity contribution is 0.529. The standard InChI is InChI=1S/C24H35N/c1-4-5-6-7-8-12-17-21(20-15-10-9-11-16-20)22-18-13-14-19-23(22)24(2,3)25/h9-11,13-16,18-19,21H,4-8,12,17,25H2,1-3H3. The van der Waals surface area contributed by atoms with Gasteiger partial charge in [-0.1, -0.05) is 100 Å². The fraction of sp³-hybridized carbons (Fsp3) is 0.500. The van der Waals surface area contributed by atoms with Crippen molar-refractivity contribution in [2.45, 2.75) is 77.2 Å². The summed E-state index contributed by atoms with van der Waals surface area (Å²) >= 11 is 0. The Balaban J connectivity index is 2.19. The zero-order valence-electron chi connectivity index (χ0n) is 16.3. The van der Waals surface area contributed by atoms with Crippen LogP contribution in [0.3, 0.4) is 0 Å². The van der Waals surface area contributed by atoms with E-state index in [-0.39, 0.29) is 5.54 Å². The lowest BCUT2D eigenvalue weighted by Crippen LogP contribution is -2.30. The Morgan fingerprint density at radius 1 is 0.800 bits per heavy atom. The molecule has 0 saturated heterocycles. The Morgan fingerprint density at radius 2 is 1.40 bits per heavy atom. The van der Waals surface area contributed by atoms with Crippen molar-refractivity contribution in [2.75, 3.05) is 0 Å². The first kappa shape index (κ1) is 19.7. The fourth-order valence-corrected chi connectivity index (χ4v) is 3.70. The number of hydrogen-bond acceptors (Lipinski definition) is 1. The van der Waals surface area contributed by atoms with E-state index in [1.807, 2.05) is 0 Å². The second-order valence-corrected chi connectivity index (χ2v) is 7.83. The third kappa shape index (κ3) is 6.01. The average molecular weight is 338 g/mol. The van der Waals surface area contributed by atoms with Crippen LogP contribution in [0.5, 0.6) is 0 Å². The average Bonchev–Trinajstić information content (AvgIpc) is 2.61. The van der Waals surface area contributed by atoms with E-state index in [1.165, 1.54) is 61.6 Å². The van der Waals surface area contributed by atoms with E-state index >= 15 is 0 Å². The van der Waals surface area contributed by atoms with Crippen molar-refractivity contribution in [3.8, 4) is 0 Å². The molecule has 0 radical (unpaired) electrons. The highest BCUT2D eigenvalue weighted by molar-refractivity contribution is 5.41. The highest BCUT2D eigenvalue weighted by Gasteiger charge is 2.23. The zero-order valence-corrected chi connectivity index (χ0v) is 16.3. The van der Waals surface area contributed by atoms with E-state index in [1.54, 1.807) is 0 Å². The minimum Gasteiger partial charge on any atom is -0.322 e. The van der Waals surface area contributed by atoms with Crippen LogP contribution in [0.25, 0.3) is 0 Å². The van der Waals surface area contributed by atoms with Gasteiger partial charge in [0.15, 0.2) is 0 Å². The van der Waals surface area contributed by atoms with Gasteiger partial charge in [0, 0.05) is 11.5 Å². The molecule has 2 rings (SSSR count). The van der Waals surface area contributed by atoms with Gasteiger partial charge in [-0.15, -0.1) is 0 Å². The second-order valence-electron chi connectivity index (χ2n) is 7.83. The normalized spacial score (nSPS) is 13.0. The molecule has 0 aliphatic carbocycles. The summed E-state index contributed by atoms with van der Waals surface area (Å²) in [6.45, 7) is 6.49. The Hall–Kier alpha value is -1.60. The van der Waals surface area contributed by atoms with Crippen LogP contribution in [0.2, 0.25) is 0 Å². The molecule has 25 heavy (non-hydrogen) atoms. The molecule has 2 aromatic carbocycles. The third-order valence-electron chi connectivity index (χ3n) is 5.08. The Labute approximate surface area is 154 Å². The second kappa shape index (κ2) is 9.77. The van der Waals surface area contributed by atoms with Crippen LogP contribution in [0, 0.1) is 0 Å². The summed E-state index contributed by atoms with van der Waals surface area (Å²) in [6.07, 6.45) is 9.22. The molecule has 0 fully saturated rings. The number of hydrogen-bond donors (Lipinski definition) is 1. The molecule has 0 heterocycles. The highest BCUT2D eigenvalue weighted by Crippen LogP contribution is 2.35. The van der Waals surface area contributed by atoms with E-state index in [2.05, 4.69) is 75.4 Å². The van der Waals surface area contributed by atoms with Gasteiger partial charge >= 0.3 is 0 Å². The molecule has 0 aliphatic heterocycles. The van der Waals surface area contributed by atoms with E-state index in [0.717, 1.165) is 0 Å². The van der Waals surface area contributed by atoms with Crippen LogP contribution < -0.4 is 5.73 Å². The van der Waals surface area contributed by atoms with Gasteiger partial charge in [-0.2, -0.15) is 0 Å². The minimum absolute atomic E-state index is 0.315. The zero-order chi connectivity index (χ0) is 18.1. The van der Waals surface area contributed by atoms with Gasteiger partial charge in [-0.25, -0.2) is 0 Å². The molecule has 0 aromatic heterocycles. The molecule has 0 amide bonds. The summed E-state index contributed by atoms with van der Waals surface area (Å²) in [5, 5.41) is 0. The molecule has 0 bridgehead atoms. The molecule has 1 unspecified atom stereocenters. The van der Waals surface area contributed by atoms with Crippen LogP contribution >= 0.6 is 0 Å². The quantitative estimate of drug-likeness (QED) is 0.476. The molecule has 0 spiro atoms. The van der Waals surface area contributed by atoms with Crippen molar-refractivity contribution in [1.82, 2.24) is 0 Å². The summed E-state index contributed by atoms with van der Waals surface area (Å²) in [5.41, 5.74) is 10.2. The number of nitrogens with two attached hydrogens (primary N) is 1. The van der Waals surface area contributed by atoms with Gasteiger partial charge in [0.1, 0.15) is 0 Å². The van der Waals surface area contributed by atoms with Gasteiger partial charge < -0.3 is 5.73 Å². The lowest BCUT2D eigenvalue weighted by Gasteiger charge is -2.28. The summed E-state index contributed by atoms with van der Waals surface area (Å²) < 4.78 is 0. The third-order valence-corrected chi connectivity index (χ3v) is 5.08. The van der Waals surface area contributed by atoms with Gasteiger partial charge in [-0.05, 0) is 37.0 Å². The van der Waals surface area contributed by atoms with Crippen LogP contribution in [0.4, 0.5) is 0 Å². The van der Waals surface area contributed by atoms with Crippen molar-refractivity contribution < 1.29 is 0 Å². The van der Waals surface area contributed by atoms with Crippen molar-refractivity contribution in [3.05, 3.63) is 71.3 Å². The first-order valence-electron chi connectivity index (χ1n) is 9.97. The highest BCUT2D eigenvalue weighted by atomic mass is 14.7. The maximum absolute atomic E-state index is 6.48. The maximum atomic E-state index is 6.48. The van der Waals surface area contributed by atoms with E-state index in [4.69, 9.17) is 5.73 Å². The summed E-state index contributed by atoms with van der Waals surface area (Å²) in [4.78, 5) is 0. The largest absolute Gasteiger partial charge is 0.322 e. The van der Waals surface area contributed by atoms with Gasteiger partial charge in [0.05, 0.1) is 0 Å². The van der Waals surface area contributed by atoms with Crippen molar-refractivity contribution in [3.63, 3.8) is 0 Å². The lowest BCUT2D eigenvalue weighted by atomic mass is 9.80. The first-order valence-corrected chi connectivity index (χ1v) is 9.97.